The number of amides is 1. The highest BCUT2D eigenvalue weighted by molar-refractivity contribution is 6.76. The molecule has 0 saturated heterocycles. The molecule has 2 rings (SSSR count). The molecule has 0 heterocycles. The smallest absolute Gasteiger partial charge is 0.460 e. The van der Waals surface area contributed by atoms with Crippen LogP contribution in [0.5, 0.6) is 11.5 Å². The van der Waals surface area contributed by atoms with Gasteiger partial charge in [-0.25, -0.2) is 9.59 Å². The molecule has 0 unspecified atom stereocenters. The molecule has 0 aliphatic heterocycles. The fourth-order valence-electron chi connectivity index (χ4n) is 6.72. The molecule has 0 bridgehead atoms. The zero-order valence-electron chi connectivity index (χ0n) is 37.4. The van der Waals surface area contributed by atoms with Crippen molar-refractivity contribution in [2.24, 2.45) is 0 Å². The van der Waals surface area contributed by atoms with Gasteiger partial charge in [-0.15, -0.1) is 0 Å². The van der Waals surface area contributed by atoms with Crippen LogP contribution in [0.4, 0.5) is 85.1 Å². The van der Waals surface area contributed by atoms with Crippen molar-refractivity contribution in [3.05, 3.63) is 65.7 Å². The quantitative estimate of drug-likeness (QED) is 0.0330. The molecular weight excluding hydrogens is 982 g/mol. The first-order valence-corrected chi connectivity index (χ1v) is 22.8. The van der Waals surface area contributed by atoms with Gasteiger partial charge in [0.25, 0.3) is 0 Å². The predicted molar refractivity (Wildman–Crippen MR) is 214 cm³/mol. The maximum absolute atomic E-state index is 15.0. The van der Waals surface area contributed by atoms with Crippen LogP contribution in [0.3, 0.4) is 0 Å². The van der Waals surface area contributed by atoms with Crippen molar-refractivity contribution in [3.63, 3.8) is 0 Å². The van der Waals surface area contributed by atoms with Crippen molar-refractivity contribution in [1.29, 1.82) is 0 Å². The summed E-state index contributed by atoms with van der Waals surface area (Å²) in [4.78, 5) is 24.9. The van der Waals surface area contributed by atoms with Crippen LogP contribution in [0.1, 0.15) is 78.9 Å². The van der Waals surface area contributed by atoms with Crippen LogP contribution < -0.4 is 14.8 Å². The number of hydrogen-bond donors (Lipinski definition) is 1. The maximum atomic E-state index is 15.0. The van der Waals surface area contributed by atoms with Crippen molar-refractivity contribution in [3.8, 4) is 11.5 Å². The fraction of sp³-hybridized carbons (Fsp3) is 0.619. The number of esters is 1. The third-order valence-corrected chi connectivity index (χ3v) is 16.5. The van der Waals surface area contributed by atoms with Crippen LogP contribution in [-0.2, 0) is 18.7 Å². The Balaban J connectivity index is 2.27. The first-order valence-electron chi connectivity index (χ1n) is 20.5. The minimum absolute atomic E-state index is 0.137. The van der Waals surface area contributed by atoms with Gasteiger partial charge in [0.2, 0.25) is 0 Å². The number of anilines is 1. The fourth-order valence-corrected chi connectivity index (χ4v) is 11.2. The van der Waals surface area contributed by atoms with Gasteiger partial charge in [0.1, 0.15) is 24.2 Å². The van der Waals surface area contributed by atoms with E-state index in [9.17, 15) is 75.4 Å². The molecule has 0 radical (unpaired) electrons. The summed E-state index contributed by atoms with van der Waals surface area (Å²) in [5.74, 6) is -56.7. The highest BCUT2D eigenvalue weighted by Crippen LogP contribution is 2.64. The highest BCUT2D eigenvalue weighted by Gasteiger charge is 2.95. The van der Waals surface area contributed by atoms with E-state index < -0.39 is 111 Å². The van der Waals surface area contributed by atoms with Crippen molar-refractivity contribution in [2.45, 2.75) is 138 Å². The van der Waals surface area contributed by atoms with E-state index in [2.05, 4.69) is 5.32 Å². The SMILES string of the molecule is CCOC(=O)/C(C)=C/CCC[C@H](OC(=O)Nc1ccc(OC)cc1)c1ccc(OCCO[Si](CCC(F)(F)C(F)(F)C(F)(F)C(F)(F)C(F)(F)C(F)(F)C(F)(F)C(F)(F)F)(C(C)C)C(C)C)cc1. The number of hydrogen-bond acceptors (Lipinski definition) is 7. The average Bonchev–Trinajstić information content (AvgIpc) is 3.23. The van der Waals surface area contributed by atoms with Crippen LogP contribution in [0.25, 0.3) is 0 Å². The summed E-state index contributed by atoms with van der Waals surface area (Å²) in [7, 11) is -2.56. The summed E-state index contributed by atoms with van der Waals surface area (Å²) in [6.45, 7) is 7.74. The molecule has 2 aromatic rings. The van der Waals surface area contributed by atoms with Crippen LogP contribution in [-0.4, -0.2) is 94.9 Å². The number of allylic oxidation sites excluding steroid dienone is 1. The van der Waals surface area contributed by atoms with Gasteiger partial charge < -0.3 is 23.4 Å². The molecule has 68 heavy (non-hydrogen) atoms. The summed E-state index contributed by atoms with van der Waals surface area (Å²) in [6.07, 6.45) is -9.37. The van der Waals surface area contributed by atoms with Crippen LogP contribution >= 0.6 is 0 Å². The second-order valence-corrected chi connectivity index (χ2v) is 21.0. The third-order valence-electron chi connectivity index (χ3n) is 10.9. The Morgan fingerprint density at radius 1 is 0.676 bits per heavy atom. The Morgan fingerprint density at radius 3 is 1.63 bits per heavy atom. The lowest BCUT2D eigenvalue weighted by molar-refractivity contribution is -0.461. The maximum Gasteiger partial charge on any atom is 0.460 e. The molecule has 1 amide bonds. The monoisotopic (exact) mass is 1030 g/mol. The average molecular weight is 1030 g/mol. The van der Waals surface area contributed by atoms with Gasteiger partial charge in [-0.3, -0.25) is 5.32 Å². The number of benzene rings is 2. The zero-order valence-corrected chi connectivity index (χ0v) is 38.4. The van der Waals surface area contributed by atoms with E-state index in [1.807, 2.05) is 0 Å². The number of halogens is 17. The van der Waals surface area contributed by atoms with E-state index in [1.165, 1.54) is 59.1 Å². The van der Waals surface area contributed by atoms with E-state index >= 15 is 8.78 Å². The Kier molecular flexibility index (Phi) is 19.7. The molecule has 0 aliphatic carbocycles. The number of carbonyl (C=O) groups is 2. The first kappa shape index (κ1) is 59.6. The molecule has 1 N–H and O–H groups in total. The van der Waals surface area contributed by atoms with Crippen molar-refractivity contribution < 1.29 is 108 Å². The first-order chi connectivity index (χ1) is 31.0. The number of unbranched alkanes of at least 4 members (excludes halogenated alkanes) is 1. The van der Waals surface area contributed by atoms with Gasteiger partial charge in [0.15, 0.2) is 8.32 Å². The summed E-state index contributed by atoms with van der Waals surface area (Å²) in [6, 6.07) is 10.9. The molecule has 0 saturated carbocycles. The molecule has 8 nitrogen and oxygen atoms in total. The van der Waals surface area contributed by atoms with Gasteiger partial charge in [0, 0.05) is 17.7 Å². The van der Waals surface area contributed by atoms with Gasteiger partial charge in [-0.05, 0) is 92.2 Å². The molecule has 0 aliphatic rings. The molecule has 26 heteroatoms. The molecule has 388 valence electrons. The van der Waals surface area contributed by atoms with Gasteiger partial charge in [-0.1, -0.05) is 45.9 Å². The lowest BCUT2D eigenvalue weighted by Crippen LogP contribution is -2.74. The second kappa shape index (κ2) is 22.5. The van der Waals surface area contributed by atoms with E-state index in [0.29, 0.717) is 35.4 Å². The normalized spacial score (nSPS) is 14.5. The van der Waals surface area contributed by atoms with Gasteiger partial charge in [0.05, 0.1) is 20.3 Å². The molecule has 1 atom stereocenters. The Bertz CT molecular complexity index is 1970. The molecule has 0 fully saturated rings. The molecule has 0 aromatic heterocycles. The summed E-state index contributed by atoms with van der Waals surface area (Å²) >= 11 is 0. The Labute approximate surface area is 381 Å². The number of carbonyl (C=O) groups excluding carboxylic acids is 2. The minimum atomic E-state index is -8.70. The topological polar surface area (TPSA) is 92.3 Å². The summed E-state index contributed by atoms with van der Waals surface area (Å²) in [5, 5.41) is 2.59. The van der Waals surface area contributed by atoms with E-state index in [0.717, 1.165) is 0 Å². The van der Waals surface area contributed by atoms with Gasteiger partial charge >= 0.3 is 59.7 Å². The molecule has 2 aromatic carbocycles. The summed E-state index contributed by atoms with van der Waals surface area (Å²) in [5.41, 5.74) is -0.560. The number of methoxy groups -OCH3 is 1. The summed E-state index contributed by atoms with van der Waals surface area (Å²) < 4.78 is 263. The number of ether oxygens (including phenoxy) is 4. The van der Waals surface area contributed by atoms with E-state index in [1.54, 1.807) is 44.2 Å². The molecule has 0 spiro atoms. The third kappa shape index (κ3) is 12.6. The van der Waals surface area contributed by atoms with Crippen molar-refractivity contribution >= 4 is 26.1 Å². The van der Waals surface area contributed by atoms with E-state index in [-0.39, 0.29) is 18.8 Å². The van der Waals surface area contributed by atoms with Crippen LogP contribution in [0.15, 0.2) is 60.2 Å². The van der Waals surface area contributed by atoms with Crippen molar-refractivity contribution in [1.82, 2.24) is 0 Å². The van der Waals surface area contributed by atoms with Crippen LogP contribution in [0.2, 0.25) is 17.1 Å². The zero-order chi connectivity index (χ0) is 52.5. The second-order valence-electron chi connectivity index (χ2n) is 16.0. The number of rotatable bonds is 26. The minimum Gasteiger partial charge on any atom is -0.497 e. The predicted octanol–water partition coefficient (Wildman–Crippen LogP) is 14.2. The number of nitrogens with one attached hydrogen (secondary N) is 1. The molecular formula is C42H50F17NO7Si. The highest BCUT2D eigenvalue weighted by atomic mass is 28.4. The lowest BCUT2D eigenvalue weighted by Gasteiger charge is -2.44. The van der Waals surface area contributed by atoms with E-state index in [4.69, 9.17) is 23.4 Å². The Hall–Kier alpha value is -4.49. The van der Waals surface area contributed by atoms with Crippen LogP contribution in [0, 0.1) is 0 Å². The van der Waals surface area contributed by atoms with Crippen molar-refractivity contribution in [2.75, 3.05) is 32.2 Å². The number of alkyl halides is 17. The van der Waals surface area contributed by atoms with Gasteiger partial charge in [-0.2, -0.15) is 74.6 Å². The lowest BCUT2D eigenvalue weighted by atomic mass is 9.88. The standard InChI is InChI=1S/C42H50F17NO7Si/c1-8-64-33(61)27(6)11-9-10-12-32(67-34(62)60-29-15-19-30(63-7)20-16-29)28-13-17-31(18-14-28)65-22-23-66-68(25(2)3,26(4)5)24-21-35(43,44)36(45,46)37(47,48)38(49,50)39(51,52)40(53,54)41(55,56)42(57,58)59/h11,13-20,25-26,32H,8-10,12,21-24H2,1-7H3,(H,60,62)/b27-11+/t32-/m0/s1. The Morgan fingerprint density at radius 2 is 1.16 bits per heavy atom. The largest absolute Gasteiger partial charge is 0.497 e.